The second-order valence-electron chi connectivity index (χ2n) is 5.55. The molecule has 1 N–H and O–H groups in total. The summed E-state index contributed by atoms with van der Waals surface area (Å²) in [5, 5.41) is 10.2. The molecule has 1 heterocycles. The van der Waals surface area contributed by atoms with Crippen molar-refractivity contribution in [2.24, 2.45) is 0 Å². The van der Waals surface area contributed by atoms with Gasteiger partial charge in [0.1, 0.15) is 0 Å². The molecule has 0 aliphatic carbocycles. The summed E-state index contributed by atoms with van der Waals surface area (Å²) in [6.45, 7) is 0. The minimum absolute atomic E-state index is 0.0544. The van der Waals surface area contributed by atoms with Crippen molar-refractivity contribution in [1.82, 2.24) is 10.2 Å². The van der Waals surface area contributed by atoms with Gasteiger partial charge in [-0.1, -0.05) is 18.2 Å². The highest BCUT2D eigenvalue weighted by atomic mass is 32.2. The monoisotopic (exact) mass is 357 g/mol. The summed E-state index contributed by atoms with van der Waals surface area (Å²) in [5.41, 5.74) is 2.34. The molecule has 2 aromatic carbocycles. The first-order chi connectivity index (χ1) is 11.9. The Morgan fingerprint density at radius 2 is 1.92 bits per heavy atom. The van der Waals surface area contributed by atoms with Crippen molar-refractivity contribution in [1.29, 1.82) is 0 Å². The standard InChI is InChI=1S/C17H15N3O4S/c1-25(22,23)10-12-5-7-13(8-6-12)16(21)19-15-4-2-3-14(9-15)17-20-18-11-24-17/h2-9,11H,10H2,1H3,(H,19,21). The van der Waals surface area contributed by atoms with Crippen LogP contribution in [0.4, 0.5) is 5.69 Å². The number of sulfone groups is 1. The van der Waals surface area contributed by atoms with Crippen LogP contribution in [0, 0.1) is 0 Å². The van der Waals surface area contributed by atoms with E-state index in [9.17, 15) is 13.2 Å². The van der Waals surface area contributed by atoms with Crippen LogP contribution in [0.25, 0.3) is 11.5 Å². The number of carbonyl (C=O) groups is 1. The topological polar surface area (TPSA) is 102 Å². The predicted molar refractivity (Wildman–Crippen MR) is 92.7 cm³/mol. The highest BCUT2D eigenvalue weighted by Crippen LogP contribution is 2.21. The van der Waals surface area contributed by atoms with Gasteiger partial charge in [-0.2, -0.15) is 0 Å². The summed E-state index contributed by atoms with van der Waals surface area (Å²) in [5.74, 6) is 0.0102. The first-order valence-corrected chi connectivity index (χ1v) is 9.41. The number of benzene rings is 2. The average molecular weight is 357 g/mol. The zero-order valence-electron chi connectivity index (χ0n) is 13.3. The summed E-state index contributed by atoms with van der Waals surface area (Å²) in [6.07, 6.45) is 2.41. The highest BCUT2D eigenvalue weighted by molar-refractivity contribution is 7.89. The van der Waals surface area contributed by atoms with Gasteiger partial charge in [-0.15, -0.1) is 10.2 Å². The van der Waals surface area contributed by atoms with Crippen LogP contribution < -0.4 is 5.32 Å². The molecule has 3 aromatic rings. The van der Waals surface area contributed by atoms with Crippen molar-refractivity contribution >= 4 is 21.4 Å². The van der Waals surface area contributed by atoms with E-state index in [2.05, 4.69) is 15.5 Å². The Balaban J connectivity index is 1.73. The van der Waals surface area contributed by atoms with Crippen LogP contribution in [-0.4, -0.2) is 30.8 Å². The molecular weight excluding hydrogens is 342 g/mol. The van der Waals surface area contributed by atoms with Gasteiger partial charge >= 0.3 is 0 Å². The van der Waals surface area contributed by atoms with E-state index in [4.69, 9.17) is 4.42 Å². The molecule has 0 saturated carbocycles. The number of amides is 1. The molecule has 0 aliphatic rings. The third-order valence-corrected chi connectivity index (χ3v) is 4.23. The van der Waals surface area contributed by atoms with E-state index in [0.717, 1.165) is 0 Å². The van der Waals surface area contributed by atoms with Crippen LogP contribution in [0.3, 0.4) is 0 Å². The van der Waals surface area contributed by atoms with Gasteiger partial charge < -0.3 is 9.73 Å². The Morgan fingerprint density at radius 3 is 2.56 bits per heavy atom. The SMILES string of the molecule is CS(=O)(=O)Cc1ccc(C(=O)Nc2cccc(-c3nnco3)c2)cc1. The molecule has 25 heavy (non-hydrogen) atoms. The van der Waals surface area contributed by atoms with Crippen molar-refractivity contribution in [3.8, 4) is 11.5 Å². The fourth-order valence-electron chi connectivity index (χ4n) is 2.29. The number of hydrogen-bond donors (Lipinski definition) is 1. The molecule has 0 bridgehead atoms. The van der Waals surface area contributed by atoms with Crippen LogP contribution in [0.1, 0.15) is 15.9 Å². The number of nitrogens with zero attached hydrogens (tertiary/aromatic N) is 2. The molecule has 0 aliphatic heterocycles. The minimum Gasteiger partial charge on any atom is -0.423 e. The smallest absolute Gasteiger partial charge is 0.255 e. The third kappa shape index (κ3) is 4.51. The Bertz CT molecular complexity index is 981. The molecule has 0 atom stereocenters. The minimum atomic E-state index is -3.11. The molecule has 0 unspecified atom stereocenters. The summed E-state index contributed by atoms with van der Waals surface area (Å²) in [6, 6.07) is 13.5. The van der Waals surface area contributed by atoms with E-state index in [1.807, 2.05) is 0 Å². The quantitative estimate of drug-likeness (QED) is 0.753. The molecule has 0 saturated heterocycles. The average Bonchev–Trinajstić information content (AvgIpc) is 3.09. The van der Waals surface area contributed by atoms with Gasteiger partial charge in [-0.05, 0) is 35.9 Å². The number of rotatable bonds is 5. The van der Waals surface area contributed by atoms with Crippen molar-refractivity contribution in [2.75, 3.05) is 11.6 Å². The van der Waals surface area contributed by atoms with Crippen LogP contribution in [0.2, 0.25) is 0 Å². The molecule has 0 spiro atoms. The van der Waals surface area contributed by atoms with Gasteiger partial charge in [0.05, 0.1) is 5.75 Å². The first kappa shape index (κ1) is 16.8. The lowest BCUT2D eigenvalue weighted by Gasteiger charge is -2.07. The third-order valence-electron chi connectivity index (χ3n) is 3.37. The van der Waals surface area contributed by atoms with E-state index >= 15 is 0 Å². The molecule has 8 heteroatoms. The molecule has 1 amide bonds. The van der Waals surface area contributed by atoms with Gasteiger partial charge in [0.2, 0.25) is 12.3 Å². The molecule has 1 aromatic heterocycles. The predicted octanol–water partition coefficient (Wildman–Crippen LogP) is 2.53. The maximum absolute atomic E-state index is 12.3. The van der Waals surface area contributed by atoms with Gasteiger partial charge in [-0.3, -0.25) is 4.79 Å². The van der Waals surface area contributed by atoms with E-state index in [1.54, 1.807) is 48.5 Å². The zero-order chi connectivity index (χ0) is 17.9. The zero-order valence-corrected chi connectivity index (χ0v) is 14.2. The van der Waals surface area contributed by atoms with E-state index in [-0.39, 0.29) is 11.7 Å². The summed E-state index contributed by atoms with van der Waals surface area (Å²) in [7, 11) is -3.11. The second kappa shape index (κ2) is 6.86. The van der Waals surface area contributed by atoms with Gasteiger partial charge in [0, 0.05) is 23.1 Å². The molecule has 0 fully saturated rings. The summed E-state index contributed by atoms with van der Waals surface area (Å²) < 4.78 is 27.7. The van der Waals surface area contributed by atoms with E-state index in [1.165, 1.54) is 12.6 Å². The molecule has 7 nitrogen and oxygen atoms in total. The first-order valence-electron chi connectivity index (χ1n) is 7.35. The van der Waals surface area contributed by atoms with Crippen LogP contribution >= 0.6 is 0 Å². The van der Waals surface area contributed by atoms with Gasteiger partial charge in [0.15, 0.2) is 9.84 Å². The number of carbonyl (C=O) groups excluding carboxylic acids is 1. The van der Waals surface area contributed by atoms with Gasteiger partial charge in [0.25, 0.3) is 5.91 Å². The molecule has 3 rings (SSSR count). The summed E-state index contributed by atoms with van der Waals surface area (Å²) >= 11 is 0. The fraction of sp³-hybridized carbons (Fsp3) is 0.118. The Labute approximate surface area is 144 Å². The molecule has 0 radical (unpaired) electrons. The van der Waals surface area contributed by atoms with Crippen molar-refractivity contribution in [3.63, 3.8) is 0 Å². The lowest BCUT2D eigenvalue weighted by Crippen LogP contribution is -2.12. The van der Waals surface area contributed by atoms with Crippen molar-refractivity contribution in [3.05, 3.63) is 66.1 Å². The van der Waals surface area contributed by atoms with Gasteiger partial charge in [-0.25, -0.2) is 8.42 Å². The maximum Gasteiger partial charge on any atom is 0.255 e. The van der Waals surface area contributed by atoms with Crippen molar-refractivity contribution < 1.29 is 17.6 Å². The lowest BCUT2D eigenvalue weighted by molar-refractivity contribution is 0.102. The Morgan fingerprint density at radius 1 is 1.16 bits per heavy atom. The van der Waals surface area contributed by atoms with E-state index < -0.39 is 9.84 Å². The highest BCUT2D eigenvalue weighted by Gasteiger charge is 2.10. The Hall–Kier alpha value is -3.00. The summed E-state index contributed by atoms with van der Waals surface area (Å²) in [4.78, 5) is 12.3. The maximum atomic E-state index is 12.3. The lowest BCUT2D eigenvalue weighted by atomic mass is 10.1. The largest absolute Gasteiger partial charge is 0.423 e. The van der Waals surface area contributed by atoms with Crippen LogP contribution in [0.5, 0.6) is 0 Å². The normalized spacial score (nSPS) is 11.2. The van der Waals surface area contributed by atoms with Crippen LogP contribution in [0.15, 0.2) is 59.3 Å². The van der Waals surface area contributed by atoms with E-state index in [0.29, 0.717) is 28.3 Å². The van der Waals surface area contributed by atoms with Crippen LogP contribution in [-0.2, 0) is 15.6 Å². The second-order valence-corrected chi connectivity index (χ2v) is 7.69. The fourth-order valence-corrected chi connectivity index (χ4v) is 3.09. The molecular formula is C17H15N3O4S. The molecule has 128 valence electrons. The number of nitrogens with one attached hydrogen (secondary N) is 1. The number of anilines is 1. The Kier molecular flexibility index (Phi) is 4.62. The number of aromatic nitrogens is 2. The number of hydrogen-bond acceptors (Lipinski definition) is 6. The van der Waals surface area contributed by atoms with Crippen molar-refractivity contribution in [2.45, 2.75) is 5.75 Å².